The first-order chi connectivity index (χ1) is 7.49. The van der Waals surface area contributed by atoms with Crippen molar-refractivity contribution in [3.63, 3.8) is 0 Å². The van der Waals surface area contributed by atoms with Gasteiger partial charge in [0, 0.05) is 13.1 Å². The van der Waals surface area contributed by atoms with E-state index in [0.29, 0.717) is 19.0 Å². The van der Waals surface area contributed by atoms with E-state index in [0.717, 1.165) is 19.3 Å². The molecule has 1 heterocycles. The van der Waals surface area contributed by atoms with Gasteiger partial charge in [-0.2, -0.15) is 0 Å². The van der Waals surface area contributed by atoms with Gasteiger partial charge in [0.1, 0.15) is 6.10 Å². The zero-order valence-corrected chi connectivity index (χ0v) is 10.5. The van der Waals surface area contributed by atoms with Crippen LogP contribution in [0.25, 0.3) is 0 Å². The van der Waals surface area contributed by atoms with Crippen LogP contribution < -0.4 is 0 Å². The lowest BCUT2D eigenvalue weighted by Gasteiger charge is -2.30. The molecule has 1 rings (SSSR count). The van der Waals surface area contributed by atoms with Gasteiger partial charge in [-0.05, 0) is 32.1 Å². The minimum Gasteiger partial charge on any atom is -0.446 e. The Bertz CT molecular complexity index is 230. The van der Waals surface area contributed by atoms with Crippen molar-refractivity contribution < 1.29 is 14.6 Å². The molecule has 0 radical (unpaired) electrons. The highest BCUT2D eigenvalue weighted by atomic mass is 16.6. The summed E-state index contributed by atoms with van der Waals surface area (Å²) in [5, 5.41) is 9.46. The number of likely N-dealkylation sites (tertiary alicyclic amines) is 1. The Labute approximate surface area is 97.6 Å². The van der Waals surface area contributed by atoms with Gasteiger partial charge >= 0.3 is 6.09 Å². The van der Waals surface area contributed by atoms with Crippen LogP contribution in [0, 0.1) is 5.92 Å². The zero-order chi connectivity index (χ0) is 12.1. The standard InChI is InChI=1S/C12H23NO3/c1-9(2)7-10(3)16-12(15)13-6-4-5-11(14)8-13/h9-11,14H,4-8H2,1-3H3. The first-order valence-corrected chi connectivity index (χ1v) is 6.12. The molecule has 1 fully saturated rings. The van der Waals surface area contributed by atoms with Crippen LogP contribution in [0.1, 0.15) is 40.0 Å². The average molecular weight is 229 g/mol. The second kappa shape index (κ2) is 6.09. The fourth-order valence-electron chi connectivity index (χ4n) is 2.08. The van der Waals surface area contributed by atoms with Crippen molar-refractivity contribution in [1.82, 2.24) is 4.90 Å². The van der Waals surface area contributed by atoms with Crippen LogP contribution in [0.5, 0.6) is 0 Å². The Morgan fingerprint density at radius 2 is 2.19 bits per heavy atom. The van der Waals surface area contributed by atoms with Crippen LogP contribution in [0.4, 0.5) is 4.79 Å². The molecule has 0 saturated carbocycles. The molecule has 0 spiro atoms. The van der Waals surface area contributed by atoms with Crippen molar-refractivity contribution in [2.45, 2.75) is 52.2 Å². The molecule has 94 valence electrons. The number of hydrogen-bond acceptors (Lipinski definition) is 3. The summed E-state index contributed by atoms with van der Waals surface area (Å²) in [4.78, 5) is 13.3. The lowest BCUT2D eigenvalue weighted by atomic mass is 10.1. The number of nitrogens with zero attached hydrogens (tertiary/aromatic N) is 1. The van der Waals surface area contributed by atoms with Crippen LogP contribution in [0.3, 0.4) is 0 Å². The number of carbonyl (C=O) groups is 1. The van der Waals surface area contributed by atoms with Crippen LogP contribution in [-0.2, 0) is 4.74 Å². The number of aliphatic hydroxyl groups excluding tert-OH is 1. The van der Waals surface area contributed by atoms with Crippen molar-refractivity contribution in [1.29, 1.82) is 0 Å². The lowest BCUT2D eigenvalue weighted by Crippen LogP contribution is -2.43. The summed E-state index contributed by atoms with van der Waals surface area (Å²) in [5.41, 5.74) is 0. The molecule has 4 heteroatoms. The van der Waals surface area contributed by atoms with E-state index in [2.05, 4.69) is 13.8 Å². The number of aliphatic hydroxyl groups is 1. The molecule has 0 aliphatic carbocycles. The van der Waals surface area contributed by atoms with Crippen molar-refractivity contribution in [3.8, 4) is 0 Å². The third kappa shape index (κ3) is 4.39. The second-order valence-corrected chi connectivity index (χ2v) is 5.07. The summed E-state index contributed by atoms with van der Waals surface area (Å²) in [6, 6.07) is 0. The third-order valence-corrected chi connectivity index (χ3v) is 2.76. The molecular weight excluding hydrogens is 206 g/mol. The lowest BCUT2D eigenvalue weighted by molar-refractivity contribution is 0.0284. The molecule has 1 saturated heterocycles. The third-order valence-electron chi connectivity index (χ3n) is 2.76. The van der Waals surface area contributed by atoms with Crippen LogP contribution >= 0.6 is 0 Å². The Morgan fingerprint density at radius 3 is 2.75 bits per heavy atom. The maximum Gasteiger partial charge on any atom is 0.410 e. The second-order valence-electron chi connectivity index (χ2n) is 5.07. The smallest absolute Gasteiger partial charge is 0.410 e. The van der Waals surface area contributed by atoms with Crippen molar-refractivity contribution in [2.24, 2.45) is 5.92 Å². The van der Waals surface area contributed by atoms with Gasteiger partial charge < -0.3 is 14.7 Å². The van der Waals surface area contributed by atoms with Crippen LogP contribution in [0.15, 0.2) is 0 Å². The molecule has 0 aromatic rings. The van der Waals surface area contributed by atoms with Gasteiger partial charge in [0.05, 0.1) is 6.10 Å². The van der Waals surface area contributed by atoms with E-state index < -0.39 is 0 Å². The van der Waals surface area contributed by atoms with E-state index in [1.807, 2.05) is 6.92 Å². The fourth-order valence-corrected chi connectivity index (χ4v) is 2.08. The van der Waals surface area contributed by atoms with Crippen LogP contribution in [0.2, 0.25) is 0 Å². The first kappa shape index (κ1) is 13.3. The summed E-state index contributed by atoms with van der Waals surface area (Å²) in [5.74, 6) is 0.523. The molecule has 0 bridgehead atoms. The molecule has 1 amide bonds. The zero-order valence-electron chi connectivity index (χ0n) is 10.5. The number of amides is 1. The van der Waals surface area contributed by atoms with Crippen molar-refractivity contribution in [3.05, 3.63) is 0 Å². The summed E-state index contributed by atoms with van der Waals surface area (Å²) in [6.07, 6.45) is 1.79. The Balaban J connectivity index is 2.33. The van der Waals surface area contributed by atoms with Gasteiger partial charge in [-0.15, -0.1) is 0 Å². The van der Waals surface area contributed by atoms with Gasteiger partial charge in [-0.25, -0.2) is 4.79 Å². The van der Waals surface area contributed by atoms with E-state index >= 15 is 0 Å². The molecule has 1 aliphatic rings. The van der Waals surface area contributed by atoms with E-state index in [9.17, 15) is 9.90 Å². The fraction of sp³-hybridized carbons (Fsp3) is 0.917. The SMILES string of the molecule is CC(C)CC(C)OC(=O)N1CCCC(O)C1. The summed E-state index contributed by atoms with van der Waals surface area (Å²) in [7, 11) is 0. The minimum atomic E-state index is -0.387. The van der Waals surface area contributed by atoms with Gasteiger partial charge in [0.25, 0.3) is 0 Å². The molecule has 16 heavy (non-hydrogen) atoms. The number of β-amino-alcohol motifs (C(OH)–C–C–N with tert-alkyl or cyclic N) is 1. The highest BCUT2D eigenvalue weighted by molar-refractivity contribution is 5.67. The molecule has 1 N–H and O–H groups in total. The van der Waals surface area contributed by atoms with Gasteiger partial charge in [0.15, 0.2) is 0 Å². The van der Waals surface area contributed by atoms with E-state index in [-0.39, 0.29) is 18.3 Å². The average Bonchev–Trinajstić information content (AvgIpc) is 2.16. The number of rotatable bonds is 3. The Kier molecular flexibility index (Phi) is 5.06. The number of hydrogen-bond donors (Lipinski definition) is 1. The molecule has 0 aromatic heterocycles. The molecular formula is C12H23NO3. The molecule has 2 unspecified atom stereocenters. The first-order valence-electron chi connectivity index (χ1n) is 6.12. The number of piperidine rings is 1. The largest absolute Gasteiger partial charge is 0.446 e. The quantitative estimate of drug-likeness (QED) is 0.805. The monoisotopic (exact) mass is 229 g/mol. The van der Waals surface area contributed by atoms with Crippen LogP contribution in [-0.4, -0.2) is 41.4 Å². The maximum absolute atomic E-state index is 11.7. The van der Waals surface area contributed by atoms with Crippen molar-refractivity contribution in [2.75, 3.05) is 13.1 Å². The minimum absolute atomic E-state index is 0.0495. The summed E-state index contributed by atoms with van der Waals surface area (Å²) in [6.45, 7) is 7.24. The number of ether oxygens (including phenoxy) is 1. The van der Waals surface area contributed by atoms with Gasteiger partial charge in [-0.3, -0.25) is 0 Å². The molecule has 4 nitrogen and oxygen atoms in total. The summed E-state index contributed by atoms with van der Waals surface area (Å²) >= 11 is 0. The predicted molar refractivity (Wildman–Crippen MR) is 62.2 cm³/mol. The predicted octanol–water partition coefficient (Wildman–Crippen LogP) is 2.01. The van der Waals surface area contributed by atoms with E-state index in [4.69, 9.17) is 4.74 Å². The normalized spacial score (nSPS) is 23.3. The van der Waals surface area contributed by atoms with Crippen molar-refractivity contribution >= 4 is 6.09 Å². The summed E-state index contributed by atoms with van der Waals surface area (Å²) < 4.78 is 5.32. The van der Waals surface area contributed by atoms with E-state index in [1.54, 1.807) is 4.90 Å². The maximum atomic E-state index is 11.7. The van der Waals surface area contributed by atoms with Gasteiger partial charge in [-0.1, -0.05) is 13.8 Å². The molecule has 0 aromatic carbocycles. The Morgan fingerprint density at radius 1 is 1.50 bits per heavy atom. The topological polar surface area (TPSA) is 49.8 Å². The Hall–Kier alpha value is -0.770. The molecule has 1 aliphatic heterocycles. The van der Waals surface area contributed by atoms with Gasteiger partial charge in [0.2, 0.25) is 0 Å². The van der Waals surface area contributed by atoms with E-state index in [1.165, 1.54) is 0 Å². The highest BCUT2D eigenvalue weighted by Gasteiger charge is 2.24. The molecule has 2 atom stereocenters. The highest BCUT2D eigenvalue weighted by Crippen LogP contribution is 2.14. The number of carbonyl (C=O) groups excluding carboxylic acids is 1.